The first-order valence-electron chi connectivity index (χ1n) is 9.62. The number of amides is 1. The molecular formula is C21H26ClN3O3S. The first kappa shape index (κ1) is 21.8. The van der Waals surface area contributed by atoms with Crippen LogP contribution in [0.25, 0.3) is 0 Å². The van der Waals surface area contributed by atoms with E-state index in [9.17, 15) is 13.2 Å². The van der Waals surface area contributed by atoms with Crippen molar-refractivity contribution in [1.82, 2.24) is 14.1 Å². The van der Waals surface area contributed by atoms with E-state index in [4.69, 9.17) is 11.6 Å². The summed E-state index contributed by atoms with van der Waals surface area (Å²) in [6.45, 7) is 2.88. The fraction of sp³-hybridized carbons (Fsp3) is 0.381. The topological polar surface area (TPSA) is 60.9 Å². The maximum Gasteiger partial charge on any atom is 0.243 e. The first-order chi connectivity index (χ1) is 13.9. The predicted octanol–water partition coefficient (Wildman–Crippen LogP) is 2.35. The van der Waals surface area contributed by atoms with Crippen LogP contribution in [0.5, 0.6) is 0 Å². The lowest BCUT2D eigenvalue weighted by Crippen LogP contribution is -2.51. The highest BCUT2D eigenvalue weighted by Crippen LogP contribution is 2.19. The van der Waals surface area contributed by atoms with Gasteiger partial charge in [0.2, 0.25) is 15.9 Å². The highest BCUT2D eigenvalue weighted by atomic mass is 35.5. The van der Waals surface area contributed by atoms with Gasteiger partial charge in [-0.2, -0.15) is 4.31 Å². The van der Waals surface area contributed by atoms with E-state index in [2.05, 4.69) is 4.90 Å². The molecule has 0 spiro atoms. The number of sulfonamides is 1. The molecule has 1 amide bonds. The van der Waals surface area contributed by atoms with Crippen LogP contribution in [0.1, 0.15) is 5.56 Å². The summed E-state index contributed by atoms with van der Waals surface area (Å²) in [5, 5.41) is 0.466. The van der Waals surface area contributed by atoms with Crippen LogP contribution in [0, 0.1) is 0 Å². The molecule has 0 saturated carbocycles. The van der Waals surface area contributed by atoms with Crippen LogP contribution >= 0.6 is 11.6 Å². The molecule has 8 heteroatoms. The molecule has 1 heterocycles. The minimum absolute atomic E-state index is 0.140. The highest BCUT2D eigenvalue weighted by Gasteiger charge is 2.29. The van der Waals surface area contributed by atoms with Crippen LogP contribution < -0.4 is 0 Å². The molecule has 0 N–H and O–H groups in total. The van der Waals surface area contributed by atoms with Crippen LogP contribution in [-0.2, 0) is 21.2 Å². The monoisotopic (exact) mass is 435 g/mol. The molecular weight excluding hydrogens is 410 g/mol. The summed E-state index contributed by atoms with van der Waals surface area (Å²) in [7, 11) is -1.80. The normalized spacial score (nSPS) is 15.6. The van der Waals surface area contributed by atoms with Gasteiger partial charge in [-0.05, 0) is 43.3 Å². The van der Waals surface area contributed by atoms with E-state index < -0.39 is 10.0 Å². The first-order valence-corrected chi connectivity index (χ1v) is 11.4. The summed E-state index contributed by atoms with van der Waals surface area (Å²) < 4.78 is 27.8. The Morgan fingerprint density at radius 3 is 2.24 bits per heavy atom. The molecule has 29 heavy (non-hydrogen) atoms. The number of rotatable bonds is 7. The second-order valence-corrected chi connectivity index (χ2v) is 9.59. The molecule has 0 aliphatic carbocycles. The van der Waals surface area contributed by atoms with Gasteiger partial charge in [0.1, 0.15) is 0 Å². The van der Waals surface area contributed by atoms with E-state index in [0.717, 1.165) is 18.7 Å². The molecule has 0 unspecified atom stereocenters. The van der Waals surface area contributed by atoms with Crippen molar-refractivity contribution in [3.63, 3.8) is 0 Å². The molecule has 1 saturated heterocycles. The largest absolute Gasteiger partial charge is 0.339 e. The van der Waals surface area contributed by atoms with Gasteiger partial charge in [0, 0.05) is 37.7 Å². The summed E-state index contributed by atoms with van der Waals surface area (Å²) in [6, 6.07) is 15.7. The van der Waals surface area contributed by atoms with E-state index >= 15 is 0 Å². The minimum Gasteiger partial charge on any atom is -0.339 e. The van der Waals surface area contributed by atoms with E-state index in [-0.39, 0.29) is 23.9 Å². The van der Waals surface area contributed by atoms with Crippen molar-refractivity contribution in [2.75, 3.05) is 46.3 Å². The SMILES string of the molecule is CN1CCN(C(=O)CN(CCc2ccccc2)S(=O)(=O)c2ccc(Cl)cc2)CC1. The maximum absolute atomic E-state index is 13.2. The lowest BCUT2D eigenvalue weighted by Gasteiger charge is -2.33. The van der Waals surface area contributed by atoms with Gasteiger partial charge < -0.3 is 9.80 Å². The average Bonchev–Trinajstić information content (AvgIpc) is 2.72. The number of carbonyl (C=O) groups excluding carboxylic acids is 1. The number of nitrogens with zero attached hydrogens (tertiary/aromatic N) is 3. The van der Waals surface area contributed by atoms with E-state index in [0.29, 0.717) is 24.5 Å². The molecule has 3 rings (SSSR count). The van der Waals surface area contributed by atoms with Crippen molar-refractivity contribution in [2.45, 2.75) is 11.3 Å². The van der Waals surface area contributed by atoms with E-state index in [1.807, 2.05) is 37.4 Å². The lowest BCUT2D eigenvalue weighted by atomic mass is 10.1. The molecule has 0 aromatic heterocycles. The Bertz CT molecular complexity index is 912. The number of hydrogen-bond donors (Lipinski definition) is 0. The average molecular weight is 436 g/mol. The van der Waals surface area contributed by atoms with Crippen molar-refractivity contribution in [1.29, 1.82) is 0 Å². The zero-order valence-corrected chi connectivity index (χ0v) is 18.1. The Morgan fingerprint density at radius 2 is 1.62 bits per heavy atom. The van der Waals surface area contributed by atoms with Crippen LogP contribution in [0.15, 0.2) is 59.5 Å². The fourth-order valence-electron chi connectivity index (χ4n) is 3.25. The second-order valence-electron chi connectivity index (χ2n) is 7.21. The molecule has 0 atom stereocenters. The van der Waals surface area contributed by atoms with Crippen molar-refractivity contribution >= 4 is 27.5 Å². The number of carbonyl (C=O) groups is 1. The summed E-state index contributed by atoms with van der Waals surface area (Å²) in [5.74, 6) is -0.163. The Balaban J connectivity index is 1.78. The van der Waals surface area contributed by atoms with Gasteiger partial charge >= 0.3 is 0 Å². The van der Waals surface area contributed by atoms with Crippen molar-refractivity contribution in [2.24, 2.45) is 0 Å². The summed E-state index contributed by atoms with van der Waals surface area (Å²) in [5.41, 5.74) is 1.02. The zero-order valence-electron chi connectivity index (χ0n) is 16.5. The van der Waals surface area contributed by atoms with Crippen LogP contribution in [0.2, 0.25) is 5.02 Å². The molecule has 1 aliphatic heterocycles. The maximum atomic E-state index is 13.2. The minimum atomic E-state index is -3.82. The molecule has 2 aromatic carbocycles. The molecule has 156 valence electrons. The number of hydrogen-bond acceptors (Lipinski definition) is 4. The molecule has 2 aromatic rings. The number of benzene rings is 2. The highest BCUT2D eigenvalue weighted by molar-refractivity contribution is 7.89. The lowest BCUT2D eigenvalue weighted by molar-refractivity contribution is -0.132. The van der Waals surface area contributed by atoms with Crippen molar-refractivity contribution in [3.8, 4) is 0 Å². The Labute approximate surface area is 177 Å². The Morgan fingerprint density at radius 1 is 1.00 bits per heavy atom. The standard InChI is InChI=1S/C21H26ClN3O3S/c1-23-13-15-24(16-14-23)21(26)17-25(12-11-18-5-3-2-4-6-18)29(27,28)20-9-7-19(22)8-10-20/h2-10H,11-17H2,1H3. The Hall–Kier alpha value is -1.93. The molecule has 1 aliphatic rings. The summed E-state index contributed by atoms with van der Waals surface area (Å²) in [6.07, 6.45) is 0.531. The van der Waals surface area contributed by atoms with E-state index in [1.54, 1.807) is 17.0 Å². The van der Waals surface area contributed by atoms with Gasteiger partial charge in [0.05, 0.1) is 11.4 Å². The number of piperazine rings is 1. The predicted molar refractivity (Wildman–Crippen MR) is 114 cm³/mol. The quantitative estimate of drug-likeness (QED) is 0.669. The van der Waals surface area contributed by atoms with Gasteiger partial charge in [-0.1, -0.05) is 41.9 Å². The summed E-state index contributed by atoms with van der Waals surface area (Å²) in [4.78, 5) is 16.9. The van der Waals surface area contributed by atoms with E-state index in [1.165, 1.54) is 16.4 Å². The number of likely N-dealkylation sites (N-methyl/N-ethyl adjacent to an activating group) is 1. The summed E-state index contributed by atoms with van der Waals surface area (Å²) >= 11 is 5.91. The third-order valence-electron chi connectivity index (χ3n) is 5.11. The third-order valence-corrected chi connectivity index (χ3v) is 7.22. The second kappa shape index (κ2) is 9.71. The molecule has 1 fully saturated rings. The number of halogens is 1. The third kappa shape index (κ3) is 5.79. The van der Waals surface area contributed by atoms with Crippen LogP contribution in [0.3, 0.4) is 0 Å². The van der Waals surface area contributed by atoms with Crippen LogP contribution in [-0.4, -0.2) is 74.7 Å². The Kier molecular flexibility index (Phi) is 7.29. The van der Waals surface area contributed by atoms with Crippen LogP contribution in [0.4, 0.5) is 0 Å². The van der Waals surface area contributed by atoms with Gasteiger partial charge in [0.15, 0.2) is 0 Å². The molecule has 0 bridgehead atoms. The fourth-order valence-corrected chi connectivity index (χ4v) is 4.76. The molecule has 0 radical (unpaired) electrons. The van der Waals surface area contributed by atoms with Gasteiger partial charge in [-0.15, -0.1) is 0 Å². The smallest absolute Gasteiger partial charge is 0.243 e. The van der Waals surface area contributed by atoms with Gasteiger partial charge in [-0.25, -0.2) is 8.42 Å². The van der Waals surface area contributed by atoms with Crippen molar-refractivity contribution < 1.29 is 13.2 Å². The molecule has 6 nitrogen and oxygen atoms in total. The van der Waals surface area contributed by atoms with Crippen molar-refractivity contribution in [3.05, 3.63) is 65.2 Å². The van der Waals surface area contributed by atoms with Gasteiger partial charge in [-0.3, -0.25) is 4.79 Å². The van der Waals surface area contributed by atoms with Gasteiger partial charge in [0.25, 0.3) is 0 Å². The zero-order chi connectivity index (χ0) is 20.9.